The summed E-state index contributed by atoms with van der Waals surface area (Å²) in [7, 11) is 1.28. The van der Waals surface area contributed by atoms with Gasteiger partial charge in [0.05, 0.1) is 18.2 Å². The number of halogens is 3. The molecule has 0 saturated carbocycles. The molecule has 0 bridgehead atoms. The molecular weight excluding hydrogens is 329 g/mol. The lowest BCUT2D eigenvalue weighted by Gasteiger charge is -2.25. The predicted octanol–water partition coefficient (Wildman–Crippen LogP) is 5.26. The molecule has 0 spiro atoms. The van der Waals surface area contributed by atoms with Crippen LogP contribution in [0.2, 0.25) is 0 Å². The van der Waals surface area contributed by atoms with Crippen LogP contribution in [0.3, 0.4) is 0 Å². The van der Waals surface area contributed by atoms with E-state index in [1.54, 1.807) is 24.3 Å². The summed E-state index contributed by atoms with van der Waals surface area (Å²) in [6.45, 7) is 1.84. The molecule has 5 heteroatoms. The van der Waals surface area contributed by atoms with Gasteiger partial charge in [0.2, 0.25) is 0 Å². The number of ether oxygens (including phenoxy) is 1. The van der Waals surface area contributed by atoms with Gasteiger partial charge in [-0.3, -0.25) is 0 Å². The van der Waals surface area contributed by atoms with Gasteiger partial charge in [-0.15, -0.1) is 0 Å². The van der Waals surface area contributed by atoms with Crippen molar-refractivity contribution in [2.45, 2.75) is 25.9 Å². The molecule has 0 amide bonds. The van der Waals surface area contributed by atoms with Crippen molar-refractivity contribution < 1.29 is 22.7 Å². The number of aryl methyl sites for hydroxylation is 1. The molecule has 0 atom stereocenters. The van der Waals surface area contributed by atoms with E-state index in [2.05, 4.69) is 0 Å². The number of allylic oxidation sites excluding steroid dienone is 1. The zero-order chi connectivity index (χ0) is 18.2. The number of benzene rings is 2. The van der Waals surface area contributed by atoms with Crippen molar-refractivity contribution in [3.05, 3.63) is 75.9 Å². The number of rotatable bonds is 2. The van der Waals surface area contributed by atoms with Crippen LogP contribution < -0.4 is 0 Å². The number of hydrogen-bond donors (Lipinski definition) is 0. The van der Waals surface area contributed by atoms with E-state index in [4.69, 9.17) is 4.74 Å². The van der Waals surface area contributed by atoms with Gasteiger partial charge in [0.25, 0.3) is 0 Å². The van der Waals surface area contributed by atoms with Gasteiger partial charge >= 0.3 is 12.1 Å². The molecule has 2 aromatic carbocycles. The van der Waals surface area contributed by atoms with Crippen LogP contribution in [-0.2, 0) is 17.3 Å². The summed E-state index contributed by atoms with van der Waals surface area (Å²) in [6, 6.07) is 10.6. The number of alkyl halides is 3. The lowest BCUT2D eigenvalue weighted by Crippen LogP contribution is -2.13. The average molecular weight is 346 g/mol. The lowest BCUT2D eigenvalue weighted by molar-refractivity contribution is -0.137. The second-order valence-electron chi connectivity index (χ2n) is 6.06. The van der Waals surface area contributed by atoms with E-state index >= 15 is 0 Å². The molecule has 130 valence electrons. The number of hydrogen-bond acceptors (Lipinski definition) is 2. The molecule has 0 fully saturated rings. The third-order valence-corrected chi connectivity index (χ3v) is 4.50. The lowest BCUT2D eigenvalue weighted by atomic mass is 9.80. The first-order valence-electron chi connectivity index (χ1n) is 7.91. The fraction of sp³-hybridized carbons (Fsp3) is 0.250. The smallest absolute Gasteiger partial charge is 0.417 e. The standard InChI is InChI=1S/C20H17F3O2/c1-12-7-8-13-9-10-14(19(24)25-2)11-16(13)18(12)15-5-3-4-6-17(15)20(21,22)23/h3-6,9-11H,7-8H2,1-2H3. The molecule has 0 heterocycles. The first-order chi connectivity index (χ1) is 11.8. The summed E-state index contributed by atoms with van der Waals surface area (Å²) >= 11 is 0. The van der Waals surface area contributed by atoms with Crippen LogP contribution in [0, 0.1) is 0 Å². The Kier molecular flexibility index (Phi) is 4.41. The molecule has 0 unspecified atom stereocenters. The van der Waals surface area contributed by atoms with Crippen molar-refractivity contribution in [2.24, 2.45) is 0 Å². The Bertz CT molecular complexity index is 863. The van der Waals surface area contributed by atoms with E-state index in [1.165, 1.54) is 19.2 Å². The van der Waals surface area contributed by atoms with Crippen molar-refractivity contribution in [3.63, 3.8) is 0 Å². The monoisotopic (exact) mass is 346 g/mol. The molecule has 1 aliphatic rings. The van der Waals surface area contributed by atoms with E-state index in [9.17, 15) is 18.0 Å². The highest BCUT2D eigenvalue weighted by atomic mass is 19.4. The van der Waals surface area contributed by atoms with Crippen LogP contribution in [0.1, 0.15) is 46.0 Å². The molecule has 0 saturated heterocycles. The Labute approximate surface area is 143 Å². The van der Waals surface area contributed by atoms with Gasteiger partial charge < -0.3 is 4.74 Å². The zero-order valence-electron chi connectivity index (χ0n) is 13.9. The first kappa shape index (κ1) is 17.3. The van der Waals surface area contributed by atoms with Crippen molar-refractivity contribution in [1.29, 1.82) is 0 Å². The number of methoxy groups -OCH3 is 1. The summed E-state index contributed by atoms with van der Waals surface area (Å²) < 4.78 is 45.2. The average Bonchev–Trinajstić information content (AvgIpc) is 2.59. The second kappa shape index (κ2) is 6.39. The van der Waals surface area contributed by atoms with Crippen LogP contribution >= 0.6 is 0 Å². The summed E-state index contributed by atoms with van der Waals surface area (Å²) in [4.78, 5) is 11.8. The number of carbonyl (C=O) groups is 1. The van der Waals surface area contributed by atoms with Crippen molar-refractivity contribution in [2.75, 3.05) is 7.11 Å². The van der Waals surface area contributed by atoms with Crippen molar-refractivity contribution >= 4 is 11.5 Å². The molecule has 2 nitrogen and oxygen atoms in total. The van der Waals surface area contributed by atoms with Crippen LogP contribution in [0.4, 0.5) is 13.2 Å². The van der Waals surface area contributed by atoms with E-state index in [-0.39, 0.29) is 5.56 Å². The number of fused-ring (bicyclic) bond motifs is 1. The van der Waals surface area contributed by atoms with E-state index in [0.29, 0.717) is 23.1 Å². The first-order valence-corrected chi connectivity index (χ1v) is 7.91. The fourth-order valence-electron chi connectivity index (χ4n) is 3.27. The minimum absolute atomic E-state index is 0.149. The minimum atomic E-state index is -4.44. The second-order valence-corrected chi connectivity index (χ2v) is 6.06. The summed E-state index contributed by atoms with van der Waals surface area (Å²) in [5, 5.41) is 0. The topological polar surface area (TPSA) is 26.3 Å². The maximum Gasteiger partial charge on any atom is 0.417 e. The van der Waals surface area contributed by atoms with Crippen LogP contribution in [0.25, 0.3) is 5.57 Å². The van der Waals surface area contributed by atoms with Gasteiger partial charge in [-0.2, -0.15) is 13.2 Å². The highest BCUT2D eigenvalue weighted by Gasteiger charge is 2.35. The Morgan fingerprint density at radius 3 is 2.44 bits per heavy atom. The SMILES string of the molecule is COC(=O)c1ccc2c(c1)C(c1ccccc1C(F)(F)F)=C(C)CC2. The minimum Gasteiger partial charge on any atom is -0.465 e. The van der Waals surface area contributed by atoms with Gasteiger partial charge in [-0.1, -0.05) is 29.8 Å². The predicted molar refractivity (Wildman–Crippen MR) is 89.2 cm³/mol. The van der Waals surface area contributed by atoms with Crippen LogP contribution in [0.15, 0.2) is 48.0 Å². The summed E-state index contributed by atoms with van der Waals surface area (Å²) in [5.41, 5.74) is 2.86. The van der Waals surface area contributed by atoms with Gasteiger partial charge in [0, 0.05) is 0 Å². The Balaban J connectivity index is 2.24. The van der Waals surface area contributed by atoms with Crippen LogP contribution in [0.5, 0.6) is 0 Å². The van der Waals surface area contributed by atoms with Gasteiger partial charge in [0.15, 0.2) is 0 Å². The quantitative estimate of drug-likeness (QED) is 0.693. The van der Waals surface area contributed by atoms with E-state index in [1.807, 2.05) is 6.92 Å². The molecule has 3 rings (SSSR count). The zero-order valence-corrected chi connectivity index (χ0v) is 13.9. The molecular formula is C20H17F3O2. The molecule has 25 heavy (non-hydrogen) atoms. The summed E-state index contributed by atoms with van der Waals surface area (Å²) in [6.07, 6.45) is -3.02. The Morgan fingerprint density at radius 2 is 1.76 bits per heavy atom. The molecule has 0 N–H and O–H groups in total. The highest BCUT2D eigenvalue weighted by molar-refractivity contribution is 5.93. The Morgan fingerprint density at radius 1 is 1.04 bits per heavy atom. The Hall–Kier alpha value is -2.56. The van der Waals surface area contributed by atoms with Gasteiger partial charge in [0.1, 0.15) is 0 Å². The van der Waals surface area contributed by atoms with Gasteiger partial charge in [-0.25, -0.2) is 4.79 Å². The largest absolute Gasteiger partial charge is 0.465 e. The van der Waals surface area contributed by atoms with E-state index in [0.717, 1.165) is 23.6 Å². The van der Waals surface area contributed by atoms with Crippen molar-refractivity contribution in [3.8, 4) is 0 Å². The third-order valence-electron chi connectivity index (χ3n) is 4.50. The molecule has 0 aliphatic heterocycles. The molecule has 0 aromatic heterocycles. The van der Waals surface area contributed by atoms with Gasteiger partial charge in [-0.05, 0) is 60.2 Å². The van der Waals surface area contributed by atoms with Crippen LogP contribution in [-0.4, -0.2) is 13.1 Å². The molecule has 1 aliphatic carbocycles. The maximum atomic E-state index is 13.5. The summed E-state index contributed by atoms with van der Waals surface area (Å²) in [5.74, 6) is -0.505. The van der Waals surface area contributed by atoms with Crippen molar-refractivity contribution in [1.82, 2.24) is 0 Å². The highest BCUT2D eigenvalue weighted by Crippen LogP contribution is 2.42. The normalized spacial score (nSPS) is 14.3. The van der Waals surface area contributed by atoms with E-state index < -0.39 is 17.7 Å². The number of carbonyl (C=O) groups excluding carboxylic acids is 1. The number of esters is 1. The fourth-order valence-corrected chi connectivity index (χ4v) is 3.27. The molecule has 2 aromatic rings. The molecule has 0 radical (unpaired) electrons. The third kappa shape index (κ3) is 3.18. The maximum absolute atomic E-state index is 13.5.